The van der Waals surface area contributed by atoms with Gasteiger partial charge in [0.05, 0.1) is 13.2 Å². The smallest absolute Gasteiger partial charge is 0.271 e. The van der Waals surface area contributed by atoms with Gasteiger partial charge in [0.2, 0.25) is 0 Å². The van der Waals surface area contributed by atoms with E-state index in [1.165, 1.54) is 0 Å². The molecule has 2 N–H and O–H groups in total. The zero-order chi connectivity index (χ0) is 14.4. The van der Waals surface area contributed by atoms with E-state index < -0.39 is 0 Å². The van der Waals surface area contributed by atoms with Crippen molar-refractivity contribution >= 4 is 11.6 Å². The van der Waals surface area contributed by atoms with E-state index in [4.69, 9.17) is 9.84 Å². The number of nitrogens with zero attached hydrogens (tertiary/aromatic N) is 2. The van der Waals surface area contributed by atoms with E-state index in [2.05, 4.69) is 10.3 Å². The van der Waals surface area contributed by atoms with Crippen LogP contribution in [-0.4, -0.2) is 46.8 Å². The topological polar surface area (TPSA) is 75.9 Å². The number of aromatic nitrogens is 2. The van der Waals surface area contributed by atoms with Crippen LogP contribution >= 0.6 is 0 Å². The summed E-state index contributed by atoms with van der Waals surface area (Å²) in [7, 11) is 0. The molecule has 0 aliphatic heterocycles. The number of fused-ring (bicyclic) bond motifs is 1. The number of pyridine rings is 1. The lowest BCUT2D eigenvalue weighted by Crippen LogP contribution is -2.25. The van der Waals surface area contributed by atoms with Crippen molar-refractivity contribution in [1.82, 2.24) is 14.7 Å². The summed E-state index contributed by atoms with van der Waals surface area (Å²) in [5.74, 6) is -0.185. The second-order valence-electron chi connectivity index (χ2n) is 4.47. The molecule has 0 bridgehead atoms. The molecule has 0 unspecified atom stereocenters. The third kappa shape index (κ3) is 3.55. The molecule has 0 aromatic carbocycles. The molecule has 0 fully saturated rings. The lowest BCUT2D eigenvalue weighted by Gasteiger charge is -2.03. The fraction of sp³-hybridized carbons (Fsp3) is 0.429. The number of hydrogen-bond acceptors (Lipinski definition) is 4. The van der Waals surface area contributed by atoms with E-state index in [-0.39, 0.29) is 12.5 Å². The van der Waals surface area contributed by atoms with Crippen LogP contribution in [0.5, 0.6) is 0 Å². The summed E-state index contributed by atoms with van der Waals surface area (Å²) in [6.45, 7) is 3.36. The van der Waals surface area contributed by atoms with Gasteiger partial charge in [-0.2, -0.15) is 0 Å². The van der Waals surface area contributed by atoms with Gasteiger partial charge in [-0.25, -0.2) is 4.98 Å². The number of rotatable bonds is 7. The Bertz CT molecular complexity index is 580. The Labute approximate surface area is 117 Å². The summed E-state index contributed by atoms with van der Waals surface area (Å²) in [5, 5.41) is 11.3. The van der Waals surface area contributed by atoms with Crippen molar-refractivity contribution in [3.05, 3.63) is 35.8 Å². The Morgan fingerprint density at radius 3 is 3.05 bits per heavy atom. The summed E-state index contributed by atoms with van der Waals surface area (Å²) in [6.07, 6.45) is 2.44. The molecule has 0 saturated heterocycles. The molecule has 0 saturated carbocycles. The first-order chi connectivity index (χ1) is 9.72. The van der Waals surface area contributed by atoms with Gasteiger partial charge in [-0.15, -0.1) is 0 Å². The molecular weight excluding hydrogens is 258 g/mol. The number of ether oxygens (including phenoxy) is 1. The van der Waals surface area contributed by atoms with Crippen molar-refractivity contribution in [2.24, 2.45) is 0 Å². The van der Waals surface area contributed by atoms with Gasteiger partial charge < -0.3 is 19.6 Å². The Kier molecular flexibility index (Phi) is 5.09. The second-order valence-corrected chi connectivity index (χ2v) is 4.47. The normalized spacial score (nSPS) is 10.9. The van der Waals surface area contributed by atoms with Crippen molar-refractivity contribution in [1.29, 1.82) is 0 Å². The monoisotopic (exact) mass is 277 g/mol. The fourth-order valence-corrected chi connectivity index (χ4v) is 1.89. The summed E-state index contributed by atoms with van der Waals surface area (Å²) >= 11 is 0. The number of nitrogens with one attached hydrogen (secondary N) is 1. The number of aliphatic hydroxyl groups excluding tert-OH is 1. The maximum Gasteiger partial charge on any atom is 0.271 e. The van der Waals surface area contributed by atoms with Crippen LogP contribution in [-0.2, 0) is 4.74 Å². The third-order valence-corrected chi connectivity index (χ3v) is 2.92. The van der Waals surface area contributed by atoms with Crippen molar-refractivity contribution < 1.29 is 14.6 Å². The van der Waals surface area contributed by atoms with Gasteiger partial charge in [0.1, 0.15) is 11.3 Å². The molecular formula is C14H19N3O3. The van der Waals surface area contributed by atoms with E-state index >= 15 is 0 Å². The molecule has 108 valence electrons. The average molecular weight is 277 g/mol. The molecule has 20 heavy (non-hydrogen) atoms. The molecule has 2 rings (SSSR count). The molecule has 0 radical (unpaired) electrons. The lowest BCUT2D eigenvalue weighted by molar-refractivity contribution is 0.0866. The maximum atomic E-state index is 11.9. The van der Waals surface area contributed by atoms with Gasteiger partial charge in [-0.3, -0.25) is 4.79 Å². The number of aliphatic hydroxyl groups is 1. The summed E-state index contributed by atoms with van der Waals surface area (Å²) in [6, 6.07) is 5.75. The average Bonchev–Trinajstić information content (AvgIpc) is 2.88. The predicted octanol–water partition coefficient (Wildman–Crippen LogP) is 0.772. The standard InChI is InChI=1S/C14H19N3O3/c1-11-4-2-5-13-16-12(10-17(11)13)14(19)15-6-3-8-20-9-7-18/h2,4-5,10,18H,3,6-9H2,1H3,(H,15,19). The number of imidazole rings is 1. The zero-order valence-electron chi connectivity index (χ0n) is 11.5. The fourth-order valence-electron chi connectivity index (χ4n) is 1.89. The highest BCUT2D eigenvalue weighted by atomic mass is 16.5. The van der Waals surface area contributed by atoms with Crippen LogP contribution in [0.25, 0.3) is 5.65 Å². The van der Waals surface area contributed by atoms with Crippen molar-refractivity contribution in [2.45, 2.75) is 13.3 Å². The first-order valence-corrected chi connectivity index (χ1v) is 6.64. The van der Waals surface area contributed by atoms with E-state index in [0.717, 1.165) is 11.3 Å². The number of carbonyl (C=O) groups excluding carboxylic acids is 1. The number of carbonyl (C=O) groups is 1. The molecule has 0 atom stereocenters. The van der Waals surface area contributed by atoms with Crippen LogP contribution in [0.15, 0.2) is 24.4 Å². The lowest BCUT2D eigenvalue weighted by atomic mass is 10.4. The highest BCUT2D eigenvalue weighted by Gasteiger charge is 2.10. The van der Waals surface area contributed by atoms with E-state index in [1.807, 2.05) is 29.5 Å². The summed E-state index contributed by atoms with van der Waals surface area (Å²) in [4.78, 5) is 16.2. The minimum absolute atomic E-state index is 0.0208. The van der Waals surface area contributed by atoms with Crippen molar-refractivity contribution in [2.75, 3.05) is 26.4 Å². The molecule has 2 aromatic heterocycles. The predicted molar refractivity (Wildman–Crippen MR) is 74.8 cm³/mol. The maximum absolute atomic E-state index is 11.9. The Morgan fingerprint density at radius 2 is 2.30 bits per heavy atom. The van der Waals surface area contributed by atoms with Crippen LogP contribution < -0.4 is 5.32 Å². The van der Waals surface area contributed by atoms with Gasteiger partial charge in [-0.1, -0.05) is 6.07 Å². The minimum atomic E-state index is -0.185. The molecule has 0 aliphatic carbocycles. The van der Waals surface area contributed by atoms with E-state index in [9.17, 15) is 4.79 Å². The quantitative estimate of drug-likeness (QED) is 0.733. The van der Waals surface area contributed by atoms with Crippen LogP contribution in [0.1, 0.15) is 22.6 Å². The van der Waals surface area contributed by atoms with E-state index in [0.29, 0.717) is 31.9 Å². The Balaban J connectivity index is 1.86. The van der Waals surface area contributed by atoms with Crippen LogP contribution in [0.3, 0.4) is 0 Å². The summed E-state index contributed by atoms with van der Waals surface area (Å²) in [5.41, 5.74) is 2.21. The molecule has 6 nitrogen and oxygen atoms in total. The molecule has 2 heterocycles. The highest BCUT2D eigenvalue weighted by molar-refractivity contribution is 5.92. The van der Waals surface area contributed by atoms with Crippen LogP contribution in [0.4, 0.5) is 0 Å². The van der Waals surface area contributed by atoms with Gasteiger partial charge in [0, 0.05) is 25.0 Å². The Hall–Kier alpha value is -1.92. The second kappa shape index (κ2) is 7.02. The van der Waals surface area contributed by atoms with Gasteiger partial charge in [0.25, 0.3) is 5.91 Å². The molecule has 2 aromatic rings. The first-order valence-electron chi connectivity index (χ1n) is 6.64. The minimum Gasteiger partial charge on any atom is -0.394 e. The molecule has 0 aliphatic rings. The Morgan fingerprint density at radius 1 is 1.45 bits per heavy atom. The first kappa shape index (κ1) is 14.5. The van der Waals surface area contributed by atoms with Gasteiger partial charge >= 0.3 is 0 Å². The zero-order valence-corrected chi connectivity index (χ0v) is 11.5. The molecule has 1 amide bonds. The van der Waals surface area contributed by atoms with Gasteiger partial charge in [-0.05, 0) is 25.5 Å². The van der Waals surface area contributed by atoms with Crippen molar-refractivity contribution in [3.8, 4) is 0 Å². The van der Waals surface area contributed by atoms with Crippen LogP contribution in [0.2, 0.25) is 0 Å². The van der Waals surface area contributed by atoms with Crippen LogP contribution in [0, 0.1) is 6.92 Å². The number of aryl methyl sites for hydroxylation is 1. The summed E-state index contributed by atoms with van der Waals surface area (Å²) < 4.78 is 7.00. The number of hydrogen-bond donors (Lipinski definition) is 2. The van der Waals surface area contributed by atoms with Crippen molar-refractivity contribution in [3.63, 3.8) is 0 Å². The number of amides is 1. The molecule has 6 heteroatoms. The largest absolute Gasteiger partial charge is 0.394 e. The van der Waals surface area contributed by atoms with E-state index in [1.54, 1.807) is 6.20 Å². The third-order valence-electron chi connectivity index (χ3n) is 2.92. The SMILES string of the molecule is Cc1cccc2nc(C(=O)NCCCOCCO)cn12. The van der Waals surface area contributed by atoms with Gasteiger partial charge in [0.15, 0.2) is 0 Å². The molecule has 0 spiro atoms. The highest BCUT2D eigenvalue weighted by Crippen LogP contribution is 2.08.